The summed E-state index contributed by atoms with van der Waals surface area (Å²) in [7, 11) is 0. The average Bonchev–Trinajstić information content (AvgIpc) is 2.85. The van der Waals surface area contributed by atoms with Crippen molar-refractivity contribution in [2.24, 2.45) is 21.2 Å². The number of carbonyl (C=O) groups is 1. The van der Waals surface area contributed by atoms with E-state index < -0.39 is 6.04 Å². The molecule has 0 radical (unpaired) electrons. The molecule has 1 atom stereocenters. The van der Waals surface area contributed by atoms with Gasteiger partial charge in [0.05, 0.1) is 17.6 Å². The maximum Gasteiger partial charge on any atom is 0.293 e. The standard InChI is InChI=1S/C15H16N4O/c1-9(2)13-12-8-16-19(14(12)15(20)18-17-13)11-6-4-10(3)5-7-11/h4-9,14H,1-3H3. The molecule has 5 heteroatoms. The molecule has 0 saturated carbocycles. The number of rotatable bonds is 2. The minimum absolute atomic E-state index is 0.216. The van der Waals surface area contributed by atoms with Crippen LogP contribution >= 0.6 is 0 Å². The number of allylic oxidation sites excluding steroid dienone is 1. The Labute approximate surface area is 117 Å². The molecular weight excluding hydrogens is 252 g/mol. The number of benzene rings is 1. The Morgan fingerprint density at radius 2 is 1.85 bits per heavy atom. The fraction of sp³-hybridized carbons (Fsp3) is 0.333. The number of carbonyl (C=O) groups excluding carboxylic acids is 1. The van der Waals surface area contributed by atoms with E-state index in [9.17, 15) is 4.79 Å². The van der Waals surface area contributed by atoms with Gasteiger partial charge in [0.2, 0.25) is 0 Å². The topological polar surface area (TPSA) is 57.4 Å². The van der Waals surface area contributed by atoms with Crippen LogP contribution in [0.25, 0.3) is 0 Å². The first-order chi connectivity index (χ1) is 9.58. The molecule has 1 aromatic rings. The van der Waals surface area contributed by atoms with Gasteiger partial charge in [-0.1, -0.05) is 31.5 Å². The van der Waals surface area contributed by atoms with Gasteiger partial charge in [0, 0.05) is 5.57 Å². The molecule has 2 aliphatic rings. The molecule has 0 aromatic heterocycles. The zero-order valence-corrected chi connectivity index (χ0v) is 11.7. The number of amides is 1. The number of fused-ring (bicyclic) bond motifs is 1. The first-order valence-corrected chi connectivity index (χ1v) is 6.67. The van der Waals surface area contributed by atoms with E-state index in [0.29, 0.717) is 0 Å². The number of hydrazone groups is 1. The van der Waals surface area contributed by atoms with E-state index in [1.54, 1.807) is 11.2 Å². The zero-order valence-electron chi connectivity index (χ0n) is 11.7. The van der Waals surface area contributed by atoms with E-state index in [1.807, 2.05) is 45.0 Å². The Kier molecular flexibility index (Phi) is 2.97. The van der Waals surface area contributed by atoms with Gasteiger partial charge in [0.15, 0.2) is 6.04 Å². The van der Waals surface area contributed by atoms with Gasteiger partial charge in [-0.05, 0) is 25.0 Å². The Morgan fingerprint density at radius 3 is 2.50 bits per heavy atom. The van der Waals surface area contributed by atoms with Crippen molar-refractivity contribution >= 4 is 17.8 Å². The van der Waals surface area contributed by atoms with Crippen LogP contribution in [0.5, 0.6) is 0 Å². The van der Waals surface area contributed by atoms with Crippen LogP contribution in [0.1, 0.15) is 19.4 Å². The largest absolute Gasteiger partial charge is 0.293 e. The van der Waals surface area contributed by atoms with Crippen LogP contribution in [0.4, 0.5) is 5.69 Å². The fourth-order valence-electron chi connectivity index (χ4n) is 2.41. The first kappa shape index (κ1) is 12.7. The summed E-state index contributed by atoms with van der Waals surface area (Å²) in [5, 5.41) is 13.9. The Bertz CT molecular complexity index is 640. The van der Waals surface area contributed by atoms with Crippen LogP contribution in [0.2, 0.25) is 0 Å². The highest BCUT2D eigenvalue weighted by Gasteiger charge is 2.38. The van der Waals surface area contributed by atoms with E-state index >= 15 is 0 Å². The number of anilines is 1. The molecule has 5 nitrogen and oxygen atoms in total. The molecule has 20 heavy (non-hydrogen) atoms. The number of hydrogen-bond acceptors (Lipinski definition) is 4. The van der Waals surface area contributed by atoms with Crippen LogP contribution in [-0.4, -0.2) is 18.2 Å². The molecule has 3 rings (SSSR count). The fourth-order valence-corrected chi connectivity index (χ4v) is 2.41. The van der Waals surface area contributed by atoms with E-state index in [-0.39, 0.29) is 11.8 Å². The molecule has 1 amide bonds. The summed E-state index contributed by atoms with van der Waals surface area (Å²) in [4.78, 5) is 12.1. The summed E-state index contributed by atoms with van der Waals surface area (Å²) in [6.07, 6.45) is 1.73. The molecule has 0 fully saturated rings. The van der Waals surface area contributed by atoms with Crippen molar-refractivity contribution < 1.29 is 4.79 Å². The molecule has 2 heterocycles. The molecule has 0 spiro atoms. The van der Waals surface area contributed by atoms with Crippen molar-refractivity contribution in [3.8, 4) is 0 Å². The van der Waals surface area contributed by atoms with Gasteiger partial charge < -0.3 is 0 Å². The van der Waals surface area contributed by atoms with Crippen molar-refractivity contribution in [1.82, 2.24) is 0 Å². The maximum absolute atomic E-state index is 12.1. The molecule has 0 saturated heterocycles. The summed E-state index contributed by atoms with van der Waals surface area (Å²) in [6, 6.07) is 7.47. The molecule has 2 aliphatic heterocycles. The summed E-state index contributed by atoms with van der Waals surface area (Å²) in [6.45, 7) is 6.10. The van der Waals surface area contributed by atoms with E-state index in [1.165, 1.54) is 5.56 Å². The highest BCUT2D eigenvalue weighted by molar-refractivity contribution is 6.02. The predicted molar refractivity (Wildman–Crippen MR) is 77.7 cm³/mol. The summed E-state index contributed by atoms with van der Waals surface area (Å²) >= 11 is 0. The molecule has 102 valence electrons. The highest BCUT2D eigenvalue weighted by atomic mass is 16.2. The molecule has 0 N–H and O–H groups in total. The molecular formula is C15H16N4O. The normalized spacial score (nSPS) is 21.1. The lowest BCUT2D eigenvalue weighted by Crippen LogP contribution is -2.37. The predicted octanol–water partition coefficient (Wildman–Crippen LogP) is 3.07. The van der Waals surface area contributed by atoms with Crippen molar-refractivity contribution in [2.75, 3.05) is 5.01 Å². The van der Waals surface area contributed by atoms with Crippen molar-refractivity contribution in [2.45, 2.75) is 26.8 Å². The van der Waals surface area contributed by atoms with Crippen LogP contribution < -0.4 is 5.01 Å². The van der Waals surface area contributed by atoms with Crippen molar-refractivity contribution in [3.63, 3.8) is 0 Å². The monoisotopic (exact) mass is 268 g/mol. The van der Waals surface area contributed by atoms with Crippen molar-refractivity contribution in [1.29, 1.82) is 0 Å². The SMILES string of the molecule is Cc1ccc(N2N=CC3=C(C(C)C)N=NC(=O)C32)cc1. The van der Waals surface area contributed by atoms with Gasteiger partial charge in [-0.3, -0.25) is 4.79 Å². The molecule has 1 aromatic carbocycles. The van der Waals surface area contributed by atoms with Gasteiger partial charge >= 0.3 is 0 Å². The van der Waals surface area contributed by atoms with E-state index in [4.69, 9.17) is 0 Å². The number of hydrogen-bond donors (Lipinski definition) is 0. The zero-order chi connectivity index (χ0) is 14.3. The van der Waals surface area contributed by atoms with Gasteiger partial charge in [-0.25, -0.2) is 5.01 Å². The Hall–Kier alpha value is -2.30. The van der Waals surface area contributed by atoms with E-state index in [2.05, 4.69) is 15.3 Å². The van der Waals surface area contributed by atoms with Gasteiger partial charge in [-0.15, -0.1) is 5.11 Å². The third-order valence-corrected chi connectivity index (χ3v) is 3.49. The minimum atomic E-state index is -0.465. The second-order valence-corrected chi connectivity index (χ2v) is 5.36. The Balaban J connectivity index is 2.02. The first-order valence-electron chi connectivity index (χ1n) is 6.67. The van der Waals surface area contributed by atoms with Gasteiger partial charge in [-0.2, -0.15) is 10.2 Å². The smallest absolute Gasteiger partial charge is 0.268 e. The second-order valence-electron chi connectivity index (χ2n) is 5.36. The van der Waals surface area contributed by atoms with E-state index in [0.717, 1.165) is 17.0 Å². The van der Waals surface area contributed by atoms with Crippen LogP contribution in [-0.2, 0) is 4.79 Å². The van der Waals surface area contributed by atoms with Crippen molar-refractivity contribution in [3.05, 3.63) is 41.1 Å². The summed E-state index contributed by atoms with van der Waals surface area (Å²) in [5.74, 6) is -0.0451. The number of azo groups is 1. The minimum Gasteiger partial charge on any atom is -0.268 e. The quantitative estimate of drug-likeness (QED) is 0.827. The second kappa shape index (κ2) is 4.67. The molecule has 0 bridgehead atoms. The lowest BCUT2D eigenvalue weighted by molar-refractivity contribution is -0.118. The summed E-state index contributed by atoms with van der Waals surface area (Å²) in [5.41, 5.74) is 3.76. The van der Waals surface area contributed by atoms with Gasteiger partial charge in [0.25, 0.3) is 5.91 Å². The number of aryl methyl sites for hydroxylation is 1. The third kappa shape index (κ3) is 1.95. The Morgan fingerprint density at radius 1 is 1.15 bits per heavy atom. The van der Waals surface area contributed by atoms with Gasteiger partial charge in [0.1, 0.15) is 0 Å². The molecule has 0 aliphatic carbocycles. The highest BCUT2D eigenvalue weighted by Crippen LogP contribution is 2.33. The average molecular weight is 268 g/mol. The number of nitrogens with zero attached hydrogens (tertiary/aromatic N) is 4. The lowest BCUT2D eigenvalue weighted by atomic mass is 9.98. The van der Waals surface area contributed by atoms with Crippen LogP contribution in [0, 0.1) is 12.8 Å². The van der Waals surface area contributed by atoms with Crippen LogP contribution in [0.3, 0.4) is 0 Å². The molecule has 1 unspecified atom stereocenters. The van der Waals surface area contributed by atoms with Crippen LogP contribution in [0.15, 0.2) is 50.9 Å². The third-order valence-electron chi connectivity index (χ3n) is 3.49. The lowest BCUT2D eigenvalue weighted by Gasteiger charge is -2.24. The maximum atomic E-state index is 12.1. The summed E-state index contributed by atoms with van der Waals surface area (Å²) < 4.78 is 0.